The number of hydrogen-bond acceptors (Lipinski definition) is 5. The number of aryl methyl sites for hydroxylation is 1. The Morgan fingerprint density at radius 3 is 2.50 bits per heavy atom. The van der Waals surface area contributed by atoms with Crippen molar-refractivity contribution in [2.24, 2.45) is 0 Å². The summed E-state index contributed by atoms with van der Waals surface area (Å²) in [6.07, 6.45) is 2.56. The summed E-state index contributed by atoms with van der Waals surface area (Å²) in [5.74, 6) is 0.00505. The number of amides is 1. The van der Waals surface area contributed by atoms with E-state index in [9.17, 15) is 13.2 Å². The maximum Gasteiger partial charge on any atom is 0.265 e. The van der Waals surface area contributed by atoms with Crippen LogP contribution in [0.5, 0.6) is 0 Å². The number of likely N-dealkylation sites (tertiary alicyclic amines) is 1. The van der Waals surface area contributed by atoms with E-state index in [0.717, 1.165) is 5.69 Å². The Labute approximate surface area is 123 Å². The molecular formula is C12H19N3O3S2. The average molecular weight is 317 g/mol. The Balaban J connectivity index is 1.98. The van der Waals surface area contributed by atoms with Gasteiger partial charge in [-0.05, 0) is 19.8 Å². The third-order valence-corrected chi connectivity index (χ3v) is 5.99. The second kappa shape index (κ2) is 5.79. The third kappa shape index (κ3) is 3.18. The molecule has 0 saturated carbocycles. The lowest BCUT2D eigenvalue weighted by Crippen LogP contribution is -2.47. The zero-order chi connectivity index (χ0) is 14.9. The number of piperidine rings is 1. The van der Waals surface area contributed by atoms with E-state index >= 15 is 0 Å². The molecule has 0 aromatic carbocycles. The highest BCUT2D eigenvalue weighted by Gasteiger charge is 2.30. The van der Waals surface area contributed by atoms with Crippen LogP contribution in [0.2, 0.25) is 0 Å². The van der Waals surface area contributed by atoms with Crippen molar-refractivity contribution >= 4 is 27.3 Å². The van der Waals surface area contributed by atoms with E-state index in [4.69, 9.17) is 0 Å². The first-order chi connectivity index (χ1) is 9.30. The van der Waals surface area contributed by atoms with E-state index in [-0.39, 0.29) is 11.9 Å². The van der Waals surface area contributed by atoms with Crippen molar-refractivity contribution in [2.75, 3.05) is 26.4 Å². The Hall–Kier alpha value is -0.990. The summed E-state index contributed by atoms with van der Waals surface area (Å²) in [6, 6.07) is -0.0170. The molecule has 1 aliphatic heterocycles. The van der Waals surface area contributed by atoms with Crippen LogP contribution in [0.4, 0.5) is 0 Å². The number of carbonyl (C=O) groups excluding carboxylic acids is 1. The van der Waals surface area contributed by atoms with E-state index in [1.54, 1.807) is 17.5 Å². The van der Waals surface area contributed by atoms with E-state index in [1.165, 1.54) is 21.9 Å². The Morgan fingerprint density at radius 1 is 1.45 bits per heavy atom. The van der Waals surface area contributed by atoms with Crippen LogP contribution in [0, 0.1) is 6.92 Å². The van der Waals surface area contributed by atoms with Crippen molar-refractivity contribution in [3.63, 3.8) is 0 Å². The lowest BCUT2D eigenvalue weighted by Gasteiger charge is -2.35. The van der Waals surface area contributed by atoms with E-state index in [0.29, 0.717) is 30.8 Å². The topological polar surface area (TPSA) is 70.6 Å². The molecule has 1 fully saturated rings. The Kier molecular flexibility index (Phi) is 4.46. The molecule has 0 radical (unpaired) electrons. The number of thiazole rings is 1. The average Bonchev–Trinajstić information content (AvgIpc) is 2.82. The molecule has 1 amide bonds. The molecule has 2 heterocycles. The second-order valence-corrected chi connectivity index (χ2v) is 7.97. The summed E-state index contributed by atoms with van der Waals surface area (Å²) in [7, 11) is -1.57. The summed E-state index contributed by atoms with van der Waals surface area (Å²) >= 11 is 1.35. The minimum atomic E-state index is -3.17. The molecule has 1 aromatic rings. The molecule has 1 saturated heterocycles. The molecule has 0 aliphatic carbocycles. The van der Waals surface area contributed by atoms with Crippen LogP contribution in [0.1, 0.15) is 28.2 Å². The van der Waals surface area contributed by atoms with Crippen LogP contribution in [-0.2, 0) is 10.0 Å². The van der Waals surface area contributed by atoms with Crippen LogP contribution in [0.15, 0.2) is 5.51 Å². The molecular weight excluding hydrogens is 298 g/mol. The number of sulfonamides is 1. The minimum Gasteiger partial charge on any atom is -0.338 e. The molecule has 6 nitrogen and oxygen atoms in total. The zero-order valence-electron chi connectivity index (χ0n) is 11.9. The lowest BCUT2D eigenvalue weighted by molar-refractivity contribution is 0.0690. The van der Waals surface area contributed by atoms with E-state index in [1.807, 2.05) is 6.92 Å². The van der Waals surface area contributed by atoms with Crippen LogP contribution >= 0.6 is 11.3 Å². The second-order valence-electron chi connectivity index (χ2n) is 5.07. The van der Waals surface area contributed by atoms with Gasteiger partial charge in [-0.15, -0.1) is 11.3 Å². The van der Waals surface area contributed by atoms with Crippen LogP contribution in [0.25, 0.3) is 0 Å². The molecule has 8 heteroatoms. The molecule has 112 valence electrons. The normalized spacial score (nSPS) is 17.7. The predicted octanol–water partition coefficient (Wildman–Crippen LogP) is 0.948. The minimum absolute atomic E-state index is 0.00505. The number of hydrogen-bond donors (Lipinski definition) is 0. The highest BCUT2D eigenvalue weighted by Crippen LogP contribution is 2.21. The van der Waals surface area contributed by atoms with Gasteiger partial charge in [-0.1, -0.05) is 0 Å². The van der Waals surface area contributed by atoms with E-state index < -0.39 is 10.0 Å². The fourth-order valence-electron chi connectivity index (χ4n) is 2.35. The SMILES string of the molecule is Cc1ncsc1C(=O)N1CCC(N(C)S(C)(=O)=O)CC1. The number of aromatic nitrogens is 1. The first-order valence-electron chi connectivity index (χ1n) is 6.43. The van der Waals surface area contributed by atoms with Crippen molar-refractivity contribution in [2.45, 2.75) is 25.8 Å². The number of nitrogens with zero attached hydrogens (tertiary/aromatic N) is 3. The molecule has 0 N–H and O–H groups in total. The van der Waals surface area contributed by atoms with Gasteiger partial charge in [0.25, 0.3) is 5.91 Å². The smallest absolute Gasteiger partial charge is 0.265 e. The summed E-state index contributed by atoms with van der Waals surface area (Å²) in [5, 5.41) is 0. The van der Waals surface area contributed by atoms with E-state index in [2.05, 4.69) is 4.98 Å². The molecule has 2 rings (SSSR count). The fourth-order valence-corrected chi connectivity index (χ4v) is 3.88. The maximum absolute atomic E-state index is 12.3. The first-order valence-corrected chi connectivity index (χ1v) is 9.16. The van der Waals surface area contributed by atoms with Crippen LogP contribution in [0.3, 0.4) is 0 Å². The summed E-state index contributed by atoms with van der Waals surface area (Å²) < 4.78 is 24.4. The predicted molar refractivity (Wildman–Crippen MR) is 78.4 cm³/mol. The van der Waals surface area contributed by atoms with Gasteiger partial charge in [0.1, 0.15) is 4.88 Å². The van der Waals surface area contributed by atoms with Crippen molar-refractivity contribution in [3.05, 3.63) is 16.1 Å². The van der Waals surface area contributed by atoms with Gasteiger partial charge in [-0.2, -0.15) is 0 Å². The quantitative estimate of drug-likeness (QED) is 0.832. The molecule has 0 atom stereocenters. The summed E-state index contributed by atoms with van der Waals surface area (Å²) in [4.78, 5) is 18.9. The Morgan fingerprint density at radius 2 is 2.05 bits per heavy atom. The third-order valence-electron chi connectivity index (χ3n) is 3.73. The van der Waals surface area contributed by atoms with Crippen molar-refractivity contribution < 1.29 is 13.2 Å². The van der Waals surface area contributed by atoms with Crippen LogP contribution in [-0.4, -0.2) is 60.9 Å². The first kappa shape index (κ1) is 15.4. The summed E-state index contributed by atoms with van der Waals surface area (Å²) in [6.45, 7) is 3.00. The zero-order valence-corrected chi connectivity index (χ0v) is 13.5. The summed E-state index contributed by atoms with van der Waals surface area (Å²) in [5.41, 5.74) is 2.43. The van der Waals surface area contributed by atoms with Crippen molar-refractivity contribution in [1.82, 2.24) is 14.2 Å². The van der Waals surface area contributed by atoms with Gasteiger partial charge in [-0.25, -0.2) is 17.7 Å². The standard InChI is InChI=1S/C12H19N3O3S2/c1-9-11(19-8-13-9)12(16)15-6-4-10(5-7-15)14(2)20(3,17)18/h8,10H,4-7H2,1-3H3. The highest BCUT2D eigenvalue weighted by atomic mass is 32.2. The van der Waals surface area contributed by atoms with Crippen molar-refractivity contribution in [1.29, 1.82) is 0 Å². The Bertz CT molecular complexity index is 589. The van der Waals surface area contributed by atoms with Crippen LogP contribution < -0.4 is 0 Å². The molecule has 0 spiro atoms. The molecule has 0 bridgehead atoms. The largest absolute Gasteiger partial charge is 0.338 e. The molecule has 0 unspecified atom stereocenters. The fraction of sp³-hybridized carbons (Fsp3) is 0.667. The lowest BCUT2D eigenvalue weighted by atomic mass is 10.1. The van der Waals surface area contributed by atoms with Gasteiger partial charge in [-0.3, -0.25) is 4.79 Å². The molecule has 1 aromatic heterocycles. The van der Waals surface area contributed by atoms with Gasteiger partial charge in [0.15, 0.2) is 0 Å². The van der Waals surface area contributed by atoms with Gasteiger partial charge in [0.05, 0.1) is 17.5 Å². The number of carbonyl (C=O) groups is 1. The van der Waals surface area contributed by atoms with Crippen molar-refractivity contribution in [3.8, 4) is 0 Å². The van der Waals surface area contributed by atoms with Gasteiger partial charge >= 0.3 is 0 Å². The van der Waals surface area contributed by atoms with Gasteiger partial charge in [0, 0.05) is 26.2 Å². The number of rotatable bonds is 3. The monoisotopic (exact) mass is 317 g/mol. The van der Waals surface area contributed by atoms with Gasteiger partial charge in [0.2, 0.25) is 10.0 Å². The molecule has 1 aliphatic rings. The van der Waals surface area contributed by atoms with Gasteiger partial charge < -0.3 is 4.90 Å². The maximum atomic E-state index is 12.3. The molecule has 20 heavy (non-hydrogen) atoms. The highest BCUT2D eigenvalue weighted by molar-refractivity contribution is 7.88.